The molecule has 3 heteroatoms. The largest absolute Gasteiger partial charge is 0.396 e. The van der Waals surface area contributed by atoms with Crippen molar-refractivity contribution in [3.05, 3.63) is 23.8 Å². The molecular formula is C22H32O3. The standard InChI is InChI=1S/C22H32O3/c1-14-12-17-16-8-7-15-6-4-5-9-19(15,2)22(16)18(25-22)13-20(17,3)21(14,24)10-11-23/h5-6,9,14,16-18,23-24H,4,7-8,10-13H2,1-3H3/t14-,16-,17-,18-,19-,20-,21+,22+/m0/s1. The molecule has 0 unspecified atom stereocenters. The summed E-state index contributed by atoms with van der Waals surface area (Å²) in [6, 6.07) is 0. The van der Waals surface area contributed by atoms with E-state index in [1.54, 1.807) is 5.57 Å². The first kappa shape index (κ1) is 16.5. The van der Waals surface area contributed by atoms with Crippen LogP contribution in [0.2, 0.25) is 0 Å². The molecule has 3 saturated carbocycles. The van der Waals surface area contributed by atoms with E-state index < -0.39 is 5.60 Å². The Kier molecular flexibility index (Phi) is 3.17. The van der Waals surface area contributed by atoms with E-state index in [1.807, 2.05) is 0 Å². The normalized spacial score (nSPS) is 58.7. The fourth-order valence-electron chi connectivity index (χ4n) is 7.91. The first-order valence-electron chi connectivity index (χ1n) is 10.2. The van der Waals surface area contributed by atoms with Gasteiger partial charge in [-0.1, -0.05) is 37.6 Å². The van der Waals surface area contributed by atoms with Gasteiger partial charge in [-0.15, -0.1) is 0 Å². The second kappa shape index (κ2) is 4.79. The maximum absolute atomic E-state index is 11.6. The Bertz CT molecular complexity index is 668. The highest BCUT2D eigenvalue weighted by atomic mass is 16.6. The highest BCUT2D eigenvalue weighted by Gasteiger charge is 2.80. The van der Waals surface area contributed by atoms with Crippen molar-refractivity contribution in [1.29, 1.82) is 0 Å². The average Bonchev–Trinajstić information content (AvgIpc) is 3.25. The van der Waals surface area contributed by atoms with E-state index >= 15 is 0 Å². The Labute approximate surface area is 151 Å². The molecule has 2 N–H and O–H groups in total. The molecule has 4 aliphatic carbocycles. The zero-order chi connectivity index (χ0) is 17.7. The Morgan fingerprint density at radius 1 is 1.28 bits per heavy atom. The molecule has 0 aromatic rings. The van der Waals surface area contributed by atoms with Crippen LogP contribution in [0.1, 0.15) is 59.3 Å². The van der Waals surface area contributed by atoms with Crippen molar-refractivity contribution in [2.24, 2.45) is 28.6 Å². The molecule has 1 saturated heterocycles. The molecule has 0 bridgehead atoms. The molecule has 1 spiro atoms. The van der Waals surface area contributed by atoms with Gasteiger partial charge in [0.15, 0.2) is 0 Å². The number of epoxide rings is 1. The third kappa shape index (κ3) is 1.65. The summed E-state index contributed by atoms with van der Waals surface area (Å²) >= 11 is 0. The predicted molar refractivity (Wildman–Crippen MR) is 96.9 cm³/mol. The summed E-state index contributed by atoms with van der Waals surface area (Å²) in [5.41, 5.74) is 0.683. The first-order chi connectivity index (χ1) is 11.8. The minimum absolute atomic E-state index is 0.0393. The van der Waals surface area contributed by atoms with Crippen molar-refractivity contribution >= 4 is 0 Å². The van der Waals surface area contributed by atoms with E-state index in [1.165, 1.54) is 12.8 Å². The van der Waals surface area contributed by atoms with Gasteiger partial charge in [-0.25, -0.2) is 0 Å². The Morgan fingerprint density at radius 3 is 2.84 bits per heavy atom. The van der Waals surface area contributed by atoms with Crippen molar-refractivity contribution in [1.82, 2.24) is 0 Å². The van der Waals surface area contributed by atoms with Crippen LogP contribution in [-0.4, -0.2) is 34.1 Å². The number of allylic oxidation sites excluding steroid dienone is 2. The zero-order valence-corrected chi connectivity index (χ0v) is 15.8. The van der Waals surface area contributed by atoms with Gasteiger partial charge in [-0.3, -0.25) is 0 Å². The molecular weight excluding hydrogens is 312 g/mol. The summed E-state index contributed by atoms with van der Waals surface area (Å²) in [5, 5.41) is 21.2. The van der Waals surface area contributed by atoms with Gasteiger partial charge in [0.25, 0.3) is 0 Å². The van der Waals surface area contributed by atoms with Crippen LogP contribution in [-0.2, 0) is 4.74 Å². The number of ether oxygens (including phenoxy) is 1. The average molecular weight is 344 g/mol. The van der Waals surface area contributed by atoms with Crippen LogP contribution < -0.4 is 0 Å². The van der Waals surface area contributed by atoms with Gasteiger partial charge in [0.05, 0.1) is 11.7 Å². The van der Waals surface area contributed by atoms with Crippen molar-refractivity contribution in [3.8, 4) is 0 Å². The highest BCUT2D eigenvalue weighted by Crippen LogP contribution is 2.76. The van der Waals surface area contributed by atoms with Gasteiger partial charge in [0, 0.05) is 23.9 Å². The minimum atomic E-state index is -0.760. The summed E-state index contributed by atoms with van der Waals surface area (Å²) in [6.07, 6.45) is 13.3. The fourth-order valence-corrected chi connectivity index (χ4v) is 7.91. The number of aliphatic hydroxyl groups is 2. The van der Waals surface area contributed by atoms with Crippen LogP contribution in [0.5, 0.6) is 0 Å². The first-order valence-corrected chi connectivity index (χ1v) is 10.2. The quantitative estimate of drug-likeness (QED) is 0.594. The Morgan fingerprint density at radius 2 is 2.08 bits per heavy atom. The summed E-state index contributed by atoms with van der Waals surface area (Å²) in [4.78, 5) is 0. The predicted octanol–water partition coefficient (Wildman–Crippen LogP) is 3.61. The molecule has 4 fully saturated rings. The van der Waals surface area contributed by atoms with Crippen molar-refractivity contribution in [2.45, 2.75) is 76.6 Å². The van der Waals surface area contributed by atoms with Crippen LogP contribution in [0.25, 0.3) is 0 Å². The van der Waals surface area contributed by atoms with Crippen molar-refractivity contribution < 1.29 is 14.9 Å². The molecule has 0 aromatic heterocycles. The van der Waals surface area contributed by atoms with Gasteiger partial charge in [0.2, 0.25) is 0 Å². The number of hydrogen-bond acceptors (Lipinski definition) is 3. The summed E-state index contributed by atoms with van der Waals surface area (Å²) in [7, 11) is 0. The molecule has 138 valence electrons. The van der Waals surface area contributed by atoms with Crippen molar-refractivity contribution in [3.63, 3.8) is 0 Å². The van der Waals surface area contributed by atoms with E-state index in [2.05, 4.69) is 39.0 Å². The van der Waals surface area contributed by atoms with Gasteiger partial charge in [-0.05, 0) is 56.8 Å². The molecule has 1 heterocycles. The molecule has 25 heavy (non-hydrogen) atoms. The van der Waals surface area contributed by atoms with E-state index in [0.717, 1.165) is 19.3 Å². The van der Waals surface area contributed by atoms with Crippen LogP contribution >= 0.6 is 0 Å². The molecule has 1 aliphatic heterocycles. The minimum Gasteiger partial charge on any atom is -0.396 e. The number of aliphatic hydroxyl groups excluding tert-OH is 1. The van der Waals surface area contributed by atoms with Crippen LogP contribution in [0.4, 0.5) is 0 Å². The molecule has 0 aromatic carbocycles. The fraction of sp³-hybridized carbons (Fsp3) is 0.818. The second-order valence-electron chi connectivity index (χ2n) is 9.88. The van der Waals surface area contributed by atoms with Crippen LogP contribution in [0, 0.1) is 28.6 Å². The van der Waals surface area contributed by atoms with E-state index in [4.69, 9.17) is 4.74 Å². The summed E-state index contributed by atoms with van der Waals surface area (Å²) in [5.74, 6) is 1.26. The molecule has 0 amide bonds. The molecule has 5 aliphatic rings. The summed E-state index contributed by atoms with van der Waals surface area (Å²) in [6.45, 7) is 6.93. The molecule has 3 nitrogen and oxygen atoms in total. The Hall–Kier alpha value is -0.640. The van der Waals surface area contributed by atoms with Crippen LogP contribution in [0.15, 0.2) is 23.8 Å². The van der Waals surface area contributed by atoms with Gasteiger partial charge < -0.3 is 14.9 Å². The highest BCUT2D eigenvalue weighted by molar-refractivity contribution is 5.42. The zero-order valence-electron chi connectivity index (χ0n) is 15.8. The Balaban J connectivity index is 1.58. The maximum atomic E-state index is 11.6. The third-order valence-corrected chi connectivity index (χ3v) is 9.28. The third-order valence-electron chi connectivity index (χ3n) is 9.28. The lowest BCUT2D eigenvalue weighted by molar-refractivity contribution is -0.130. The van der Waals surface area contributed by atoms with Crippen molar-refractivity contribution in [2.75, 3.05) is 6.61 Å². The SMILES string of the molecule is C[C@H]1C[C@H]2[C@@H]3CCC4=CCC=C[C@]4(C)[C@@]34O[C@H]4C[C@]2(C)[C@@]1(O)CCO. The number of rotatable bonds is 2. The molecule has 5 rings (SSSR count). The molecule has 8 atom stereocenters. The van der Waals surface area contributed by atoms with Gasteiger partial charge in [-0.2, -0.15) is 0 Å². The summed E-state index contributed by atoms with van der Waals surface area (Å²) < 4.78 is 6.58. The smallest absolute Gasteiger partial charge is 0.110 e. The monoisotopic (exact) mass is 344 g/mol. The van der Waals surface area contributed by atoms with E-state index in [9.17, 15) is 10.2 Å². The molecule has 0 radical (unpaired) electrons. The van der Waals surface area contributed by atoms with Gasteiger partial charge >= 0.3 is 0 Å². The lowest BCUT2D eigenvalue weighted by Crippen LogP contribution is -2.59. The van der Waals surface area contributed by atoms with E-state index in [0.29, 0.717) is 18.3 Å². The number of hydrogen-bond donors (Lipinski definition) is 2. The number of fused-ring (bicyclic) bond motifs is 3. The lowest BCUT2D eigenvalue weighted by atomic mass is 9.47. The topological polar surface area (TPSA) is 53.0 Å². The second-order valence-corrected chi connectivity index (χ2v) is 9.88. The maximum Gasteiger partial charge on any atom is 0.110 e. The van der Waals surface area contributed by atoms with Crippen LogP contribution in [0.3, 0.4) is 0 Å². The van der Waals surface area contributed by atoms with Gasteiger partial charge in [0.1, 0.15) is 5.60 Å². The van der Waals surface area contributed by atoms with E-state index in [-0.39, 0.29) is 35.1 Å². The lowest BCUT2D eigenvalue weighted by Gasteiger charge is -2.56.